The number of ether oxygens (including phenoxy) is 1. The molecule has 2 rings (SSSR count). The first kappa shape index (κ1) is 9.73. The van der Waals surface area contributed by atoms with E-state index < -0.39 is 0 Å². The normalized spacial score (nSPS) is 10.1. The molecule has 0 fully saturated rings. The first-order valence-corrected chi connectivity index (χ1v) is 5.37. The van der Waals surface area contributed by atoms with Crippen LogP contribution < -0.4 is 4.74 Å². The Morgan fingerprint density at radius 2 is 1.86 bits per heavy atom. The van der Waals surface area contributed by atoms with Crippen LogP contribution in [0.4, 0.5) is 0 Å². The zero-order valence-corrected chi connectivity index (χ0v) is 10.1. The molecule has 0 saturated heterocycles. The minimum atomic E-state index is 0.221. The van der Waals surface area contributed by atoms with E-state index in [9.17, 15) is 0 Å². The van der Waals surface area contributed by atoms with Crippen molar-refractivity contribution in [3.8, 4) is 11.8 Å². The molecular formula is C9H5Br2NO2. The second kappa shape index (κ2) is 4.14. The largest absolute Gasteiger partial charge is 0.416 e. The molecule has 14 heavy (non-hydrogen) atoms. The summed E-state index contributed by atoms with van der Waals surface area (Å²) in [4.78, 5) is 3.94. The van der Waals surface area contributed by atoms with Gasteiger partial charge in [-0.25, -0.2) is 0 Å². The molecule has 1 aromatic carbocycles. The van der Waals surface area contributed by atoms with E-state index in [0.29, 0.717) is 10.4 Å². The molecule has 0 aliphatic rings. The van der Waals surface area contributed by atoms with Gasteiger partial charge in [-0.2, -0.15) is 4.98 Å². The van der Waals surface area contributed by atoms with Gasteiger partial charge < -0.3 is 9.15 Å². The molecule has 0 atom stereocenters. The van der Waals surface area contributed by atoms with Gasteiger partial charge in [0.1, 0.15) is 16.6 Å². The van der Waals surface area contributed by atoms with Gasteiger partial charge in [-0.05, 0) is 40.2 Å². The minimum absolute atomic E-state index is 0.221. The summed E-state index contributed by atoms with van der Waals surface area (Å²) in [5.41, 5.74) is 0. The highest BCUT2D eigenvalue weighted by Crippen LogP contribution is 2.23. The molecule has 3 nitrogen and oxygen atoms in total. The van der Waals surface area contributed by atoms with Crippen molar-refractivity contribution in [3.63, 3.8) is 0 Å². The molecule has 5 heteroatoms. The lowest BCUT2D eigenvalue weighted by atomic mass is 10.3. The Bertz CT molecular complexity index is 425. The van der Waals surface area contributed by atoms with Crippen LogP contribution in [0.15, 0.2) is 44.0 Å². The lowest BCUT2D eigenvalue weighted by Gasteiger charge is -1.99. The average Bonchev–Trinajstić information content (AvgIpc) is 2.56. The molecule has 0 aliphatic carbocycles. The van der Waals surface area contributed by atoms with Crippen LogP contribution in [0, 0.1) is 0 Å². The Kier molecular flexibility index (Phi) is 2.88. The standard InChI is InChI=1S/C9H5Br2NO2/c10-6-1-3-7(4-2-6)14-9-12-8(11)5-13-9/h1-5H. The summed E-state index contributed by atoms with van der Waals surface area (Å²) in [6, 6.07) is 7.41. The monoisotopic (exact) mass is 317 g/mol. The quantitative estimate of drug-likeness (QED) is 0.839. The number of hydrogen-bond donors (Lipinski definition) is 0. The molecule has 0 spiro atoms. The molecule has 0 saturated carbocycles. The molecule has 1 aromatic heterocycles. The number of benzene rings is 1. The number of oxazole rings is 1. The van der Waals surface area contributed by atoms with Gasteiger partial charge in [0.2, 0.25) is 0 Å². The van der Waals surface area contributed by atoms with Crippen molar-refractivity contribution in [2.24, 2.45) is 0 Å². The highest BCUT2D eigenvalue weighted by Gasteiger charge is 2.03. The van der Waals surface area contributed by atoms with Crippen LogP contribution in [0.25, 0.3) is 0 Å². The molecule has 0 bridgehead atoms. The van der Waals surface area contributed by atoms with E-state index >= 15 is 0 Å². The van der Waals surface area contributed by atoms with Gasteiger partial charge in [0, 0.05) is 4.47 Å². The van der Waals surface area contributed by atoms with Crippen molar-refractivity contribution in [3.05, 3.63) is 39.6 Å². The van der Waals surface area contributed by atoms with E-state index in [1.165, 1.54) is 6.26 Å². The fourth-order valence-electron chi connectivity index (χ4n) is 0.889. The van der Waals surface area contributed by atoms with Crippen LogP contribution in [0.5, 0.6) is 11.8 Å². The first-order chi connectivity index (χ1) is 6.74. The summed E-state index contributed by atoms with van der Waals surface area (Å²) >= 11 is 6.50. The predicted octanol–water partition coefficient (Wildman–Crippen LogP) is 3.99. The molecule has 1 heterocycles. The van der Waals surface area contributed by atoms with E-state index in [0.717, 1.165) is 4.47 Å². The minimum Gasteiger partial charge on any atom is -0.416 e. The molecular weight excluding hydrogens is 314 g/mol. The maximum atomic E-state index is 5.33. The highest BCUT2D eigenvalue weighted by atomic mass is 79.9. The Morgan fingerprint density at radius 1 is 1.14 bits per heavy atom. The molecule has 0 radical (unpaired) electrons. The van der Waals surface area contributed by atoms with E-state index in [4.69, 9.17) is 9.15 Å². The number of rotatable bonds is 2. The lowest BCUT2D eigenvalue weighted by Crippen LogP contribution is -1.82. The summed E-state index contributed by atoms with van der Waals surface area (Å²) in [5.74, 6) is 0.683. The summed E-state index contributed by atoms with van der Waals surface area (Å²) in [6.07, 6.45) is 1.69. The predicted molar refractivity (Wildman–Crippen MR) is 58.4 cm³/mol. The molecule has 0 aliphatic heterocycles. The Balaban J connectivity index is 2.15. The van der Waals surface area contributed by atoms with Crippen molar-refractivity contribution in [2.45, 2.75) is 0 Å². The van der Waals surface area contributed by atoms with Crippen LogP contribution in [-0.4, -0.2) is 4.98 Å². The summed E-state index contributed by atoms with van der Waals surface area (Å²) in [7, 11) is 0. The molecule has 0 unspecified atom stereocenters. The van der Waals surface area contributed by atoms with Crippen molar-refractivity contribution < 1.29 is 9.15 Å². The maximum Gasteiger partial charge on any atom is 0.400 e. The van der Waals surface area contributed by atoms with Gasteiger partial charge in [-0.15, -0.1) is 0 Å². The zero-order valence-electron chi connectivity index (χ0n) is 6.91. The number of nitrogens with zero attached hydrogens (tertiary/aromatic N) is 1. The van der Waals surface area contributed by atoms with Crippen molar-refractivity contribution in [1.29, 1.82) is 0 Å². The fourth-order valence-corrected chi connectivity index (χ4v) is 1.39. The maximum absolute atomic E-state index is 5.33. The van der Waals surface area contributed by atoms with Gasteiger partial charge in [0.25, 0.3) is 0 Å². The Hall–Kier alpha value is -0.810. The average molecular weight is 319 g/mol. The smallest absolute Gasteiger partial charge is 0.400 e. The third-order valence-electron chi connectivity index (χ3n) is 1.47. The summed E-state index contributed by atoms with van der Waals surface area (Å²) in [5, 5.41) is 0. The summed E-state index contributed by atoms with van der Waals surface area (Å²) in [6.45, 7) is 0. The lowest BCUT2D eigenvalue weighted by molar-refractivity contribution is 0.330. The van der Waals surface area contributed by atoms with Gasteiger partial charge in [-0.3, -0.25) is 0 Å². The topological polar surface area (TPSA) is 35.3 Å². The van der Waals surface area contributed by atoms with Crippen LogP contribution in [0.1, 0.15) is 0 Å². The molecule has 0 N–H and O–H groups in total. The van der Waals surface area contributed by atoms with E-state index in [1.807, 2.05) is 24.3 Å². The van der Waals surface area contributed by atoms with E-state index in [1.54, 1.807) is 0 Å². The Morgan fingerprint density at radius 3 is 2.43 bits per heavy atom. The van der Waals surface area contributed by atoms with Gasteiger partial charge in [0.15, 0.2) is 0 Å². The van der Waals surface area contributed by atoms with Gasteiger partial charge in [-0.1, -0.05) is 15.9 Å². The zero-order chi connectivity index (χ0) is 9.97. The highest BCUT2D eigenvalue weighted by molar-refractivity contribution is 9.10. The van der Waals surface area contributed by atoms with Crippen molar-refractivity contribution in [2.75, 3.05) is 0 Å². The van der Waals surface area contributed by atoms with E-state index in [2.05, 4.69) is 36.8 Å². The number of aromatic nitrogens is 1. The fraction of sp³-hybridized carbons (Fsp3) is 0. The second-order valence-electron chi connectivity index (χ2n) is 2.49. The van der Waals surface area contributed by atoms with Crippen molar-refractivity contribution >= 4 is 31.9 Å². The van der Waals surface area contributed by atoms with Gasteiger partial charge >= 0.3 is 6.08 Å². The molecule has 0 amide bonds. The third kappa shape index (κ3) is 2.36. The number of hydrogen-bond acceptors (Lipinski definition) is 3. The molecule has 2 aromatic rings. The van der Waals surface area contributed by atoms with Crippen LogP contribution in [-0.2, 0) is 0 Å². The van der Waals surface area contributed by atoms with Crippen LogP contribution in [0.2, 0.25) is 0 Å². The van der Waals surface area contributed by atoms with Crippen molar-refractivity contribution in [1.82, 2.24) is 4.98 Å². The first-order valence-electron chi connectivity index (χ1n) is 3.78. The third-order valence-corrected chi connectivity index (χ3v) is 2.37. The second-order valence-corrected chi connectivity index (χ2v) is 4.22. The van der Waals surface area contributed by atoms with Gasteiger partial charge in [0.05, 0.1) is 0 Å². The SMILES string of the molecule is Brc1ccc(Oc2nc(Br)co2)cc1. The van der Waals surface area contributed by atoms with E-state index in [-0.39, 0.29) is 6.08 Å². The Labute approximate surface area is 97.4 Å². The summed E-state index contributed by atoms with van der Waals surface area (Å²) < 4.78 is 11.9. The molecule has 72 valence electrons. The number of halogens is 2. The van der Waals surface area contributed by atoms with Crippen LogP contribution in [0.3, 0.4) is 0 Å². The van der Waals surface area contributed by atoms with Crippen LogP contribution >= 0.6 is 31.9 Å².